The molecule has 0 aromatic heterocycles. The number of hydrogen-bond donors (Lipinski definition) is 2. The summed E-state index contributed by atoms with van der Waals surface area (Å²) in [5.74, 6) is -1.30. The maximum absolute atomic E-state index is 12.0. The van der Waals surface area contributed by atoms with Crippen molar-refractivity contribution in [3.05, 3.63) is 59.2 Å². The number of aromatic hydroxyl groups is 1. The van der Waals surface area contributed by atoms with E-state index in [4.69, 9.17) is 10.00 Å². The van der Waals surface area contributed by atoms with E-state index in [2.05, 4.69) is 5.32 Å². The summed E-state index contributed by atoms with van der Waals surface area (Å²) in [6.07, 6.45) is 0. The molecule has 0 spiro atoms. The Balaban J connectivity index is 2.18. The molecule has 6 nitrogen and oxygen atoms in total. The van der Waals surface area contributed by atoms with Crippen LogP contribution in [-0.2, 0) is 0 Å². The van der Waals surface area contributed by atoms with Crippen molar-refractivity contribution in [1.29, 1.82) is 5.26 Å². The number of ether oxygens (including phenoxy) is 1. The lowest BCUT2D eigenvalue weighted by Crippen LogP contribution is -2.30. The Bertz CT molecular complexity index is 778. The Morgan fingerprint density at radius 1 is 1.18 bits per heavy atom. The van der Waals surface area contributed by atoms with E-state index in [0.717, 1.165) is 0 Å². The lowest BCUT2D eigenvalue weighted by atomic mass is 10.1. The molecule has 110 valence electrons. The molecule has 2 aromatic rings. The normalized spacial score (nSPS) is 9.64. The molecule has 2 rings (SSSR count). The first-order chi connectivity index (χ1) is 10.5. The maximum Gasteiger partial charge on any atom is 0.261 e. The predicted molar refractivity (Wildman–Crippen MR) is 77.6 cm³/mol. The number of carbonyl (C=O) groups excluding carboxylic acids is 2. The standard InChI is InChI=1S/C16H12N2O4/c1-22-12-5-6-13(14(19)8-12)16(21)18-15(20)11-4-2-3-10(7-11)9-17/h2-8,19H,1H3,(H,18,20,21). The van der Waals surface area contributed by atoms with Crippen LogP contribution in [0.2, 0.25) is 0 Å². The van der Waals surface area contributed by atoms with E-state index < -0.39 is 11.8 Å². The molecular weight excluding hydrogens is 284 g/mol. The third-order valence-corrected chi connectivity index (χ3v) is 2.93. The Morgan fingerprint density at radius 2 is 1.95 bits per heavy atom. The largest absolute Gasteiger partial charge is 0.507 e. The summed E-state index contributed by atoms with van der Waals surface area (Å²) >= 11 is 0. The quantitative estimate of drug-likeness (QED) is 0.842. The number of phenolic OH excluding ortho intramolecular Hbond substituents is 1. The van der Waals surface area contributed by atoms with Gasteiger partial charge in [0.05, 0.1) is 24.3 Å². The molecule has 0 heterocycles. The number of methoxy groups -OCH3 is 1. The molecule has 0 saturated carbocycles. The number of nitriles is 1. The number of carbonyl (C=O) groups is 2. The first-order valence-corrected chi connectivity index (χ1v) is 6.28. The third kappa shape index (κ3) is 3.22. The average molecular weight is 296 g/mol. The fourth-order valence-corrected chi connectivity index (χ4v) is 1.80. The van der Waals surface area contributed by atoms with Gasteiger partial charge in [-0.1, -0.05) is 6.07 Å². The molecule has 6 heteroatoms. The Kier molecular flexibility index (Phi) is 4.39. The minimum Gasteiger partial charge on any atom is -0.507 e. The summed E-state index contributed by atoms with van der Waals surface area (Å²) in [6.45, 7) is 0. The van der Waals surface area contributed by atoms with Crippen molar-refractivity contribution in [2.45, 2.75) is 0 Å². The van der Waals surface area contributed by atoms with Crippen LogP contribution in [0.5, 0.6) is 11.5 Å². The summed E-state index contributed by atoms with van der Waals surface area (Å²) in [7, 11) is 1.43. The highest BCUT2D eigenvalue weighted by Crippen LogP contribution is 2.23. The van der Waals surface area contributed by atoms with E-state index in [-0.39, 0.29) is 16.9 Å². The first kappa shape index (κ1) is 15.1. The lowest BCUT2D eigenvalue weighted by Gasteiger charge is -2.07. The second-order valence-corrected chi connectivity index (χ2v) is 4.36. The molecular formula is C16H12N2O4. The topological polar surface area (TPSA) is 99.4 Å². The Morgan fingerprint density at radius 3 is 2.59 bits per heavy atom. The molecule has 2 aromatic carbocycles. The number of rotatable bonds is 3. The van der Waals surface area contributed by atoms with E-state index in [1.807, 2.05) is 6.07 Å². The number of hydrogen-bond acceptors (Lipinski definition) is 5. The smallest absolute Gasteiger partial charge is 0.261 e. The van der Waals surface area contributed by atoms with Gasteiger partial charge in [-0.2, -0.15) is 5.26 Å². The van der Waals surface area contributed by atoms with Gasteiger partial charge in [0.15, 0.2) is 0 Å². The van der Waals surface area contributed by atoms with Crippen LogP contribution in [0.1, 0.15) is 26.3 Å². The van der Waals surface area contributed by atoms with Gasteiger partial charge in [0.1, 0.15) is 11.5 Å². The molecule has 0 unspecified atom stereocenters. The summed E-state index contributed by atoms with van der Waals surface area (Å²) in [6, 6.07) is 12.0. The van der Waals surface area contributed by atoms with Gasteiger partial charge in [0.25, 0.3) is 11.8 Å². The van der Waals surface area contributed by atoms with Crippen LogP contribution in [0, 0.1) is 11.3 Å². The zero-order chi connectivity index (χ0) is 16.1. The summed E-state index contributed by atoms with van der Waals surface area (Å²) in [5.41, 5.74) is 0.443. The van der Waals surface area contributed by atoms with Gasteiger partial charge in [-0.05, 0) is 30.3 Å². The number of imide groups is 1. The van der Waals surface area contributed by atoms with Gasteiger partial charge in [-0.15, -0.1) is 0 Å². The number of phenols is 1. The van der Waals surface area contributed by atoms with Gasteiger partial charge in [0, 0.05) is 11.6 Å². The number of benzene rings is 2. The minimum absolute atomic E-state index is 0.0504. The molecule has 0 saturated heterocycles. The van der Waals surface area contributed by atoms with Crippen LogP contribution in [0.3, 0.4) is 0 Å². The summed E-state index contributed by atoms with van der Waals surface area (Å²) < 4.78 is 4.92. The molecule has 2 amide bonds. The first-order valence-electron chi connectivity index (χ1n) is 6.28. The van der Waals surface area contributed by atoms with Crippen molar-refractivity contribution in [2.24, 2.45) is 0 Å². The van der Waals surface area contributed by atoms with Gasteiger partial charge in [0.2, 0.25) is 0 Å². The van der Waals surface area contributed by atoms with Crippen LogP contribution in [0.4, 0.5) is 0 Å². The van der Waals surface area contributed by atoms with E-state index >= 15 is 0 Å². The molecule has 2 N–H and O–H groups in total. The van der Waals surface area contributed by atoms with E-state index in [9.17, 15) is 14.7 Å². The van der Waals surface area contributed by atoms with Crippen molar-refractivity contribution >= 4 is 11.8 Å². The number of nitrogens with one attached hydrogen (secondary N) is 1. The summed E-state index contributed by atoms with van der Waals surface area (Å²) in [4.78, 5) is 24.0. The van der Waals surface area contributed by atoms with Crippen molar-refractivity contribution in [2.75, 3.05) is 7.11 Å². The molecule has 0 aliphatic heterocycles. The van der Waals surface area contributed by atoms with Gasteiger partial charge in [-0.25, -0.2) is 0 Å². The van der Waals surface area contributed by atoms with Crippen LogP contribution < -0.4 is 10.1 Å². The monoisotopic (exact) mass is 296 g/mol. The average Bonchev–Trinajstić information content (AvgIpc) is 2.54. The second-order valence-electron chi connectivity index (χ2n) is 4.36. The van der Waals surface area contributed by atoms with Crippen molar-refractivity contribution in [3.63, 3.8) is 0 Å². The molecule has 22 heavy (non-hydrogen) atoms. The highest BCUT2D eigenvalue weighted by molar-refractivity contribution is 6.11. The zero-order valence-electron chi connectivity index (χ0n) is 11.7. The molecule has 0 atom stereocenters. The maximum atomic E-state index is 12.0. The SMILES string of the molecule is COc1ccc(C(=O)NC(=O)c2cccc(C#N)c2)c(O)c1. The number of nitrogens with zero attached hydrogens (tertiary/aromatic N) is 1. The highest BCUT2D eigenvalue weighted by atomic mass is 16.5. The Hall–Kier alpha value is -3.33. The molecule has 0 fully saturated rings. The fourth-order valence-electron chi connectivity index (χ4n) is 1.80. The third-order valence-electron chi connectivity index (χ3n) is 2.93. The Labute approximate surface area is 126 Å². The minimum atomic E-state index is -0.743. The second kappa shape index (κ2) is 6.41. The van der Waals surface area contributed by atoms with Crippen molar-refractivity contribution in [3.8, 4) is 17.6 Å². The molecule has 0 radical (unpaired) electrons. The van der Waals surface area contributed by atoms with Crippen LogP contribution in [0.15, 0.2) is 42.5 Å². The van der Waals surface area contributed by atoms with E-state index in [1.165, 1.54) is 37.4 Å². The molecule has 0 aliphatic carbocycles. The summed E-state index contributed by atoms with van der Waals surface area (Å²) in [5, 5.41) is 20.7. The van der Waals surface area contributed by atoms with Gasteiger partial charge < -0.3 is 9.84 Å². The highest BCUT2D eigenvalue weighted by Gasteiger charge is 2.16. The number of amides is 2. The van der Waals surface area contributed by atoms with Gasteiger partial charge in [-0.3, -0.25) is 14.9 Å². The lowest BCUT2D eigenvalue weighted by molar-refractivity contribution is 0.0848. The van der Waals surface area contributed by atoms with Crippen molar-refractivity contribution < 1.29 is 19.4 Å². The predicted octanol–water partition coefficient (Wildman–Crippen LogP) is 1.84. The van der Waals surface area contributed by atoms with Crippen molar-refractivity contribution in [1.82, 2.24) is 5.32 Å². The molecule has 0 aliphatic rings. The van der Waals surface area contributed by atoms with Crippen LogP contribution in [-0.4, -0.2) is 24.0 Å². The zero-order valence-corrected chi connectivity index (χ0v) is 11.7. The molecule has 0 bridgehead atoms. The van der Waals surface area contributed by atoms with Crippen LogP contribution >= 0.6 is 0 Å². The van der Waals surface area contributed by atoms with E-state index in [0.29, 0.717) is 11.3 Å². The fraction of sp³-hybridized carbons (Fsp3) is 0.0625. The van der Waals surface area contributed by atoms with Crippen LogP contribution in [0.25, 0.3) is 0 Å². The van der Waals surface area contributed by atoms with E-state index in [1.54, 1.807) is 12.1 Å². The van der Waals surface area contributed by atoms with Gasteiger partial charge >= 0.3 is 0 Å².